The summed E-state index contributed by atoms with van der Waals surface area (Å²) < 4.78 is 25.3. The fourth-order valence-corrected chi connectivity index (χ4v) is 6.15. The van der Waals surface area contributed by atoms with Gasteiger partial charge in [-0.05, 0) is 49.8 Å². The average Bonchev–Trinajstić information content (AvgIpc) is 2.62. The summed E-state index contributed by atoms with van der Waals surface area (Å²) in [6.07, 6.45) is 8.26. The molecule has 0 aliphatic heterocycles. The van der Waals surface area contributed by atoms with E-state index in [0.29, 0.717) is 5.69 Å². The quantitative estimate of drug-likeness (QED) is 0.822. The van der Waals surface area contributed by atoms with E-state index < -0.39 is 9.84 Å². The third-order valence-electron chi connectivity index (χ3n) is 5.71. The minimum absolute atomic E-state index is 0.00700. The lowest BCUT2D eigenvalue weighted by atomic mass is 9.85. The Hall–Kier alpha value is -1.40. The first kappa shape index (κ1) is 19.4. The number of carbonyl (C=O) groups is 1. The van der Waals surface area contributed by atoms with Crippen LogP contribution in [0.5, 0.6) is 0 Å². The zero-order valence-electron chi connectivity index (χ0n) is 15.3. The second-order valence-electron chi connectivity index (χ2n) is 7.88. The van der Waals surface area contributed by atoms with Crippen molar-refractivity contribution in [3.63, 3.8) is 0 Å². The van der Waals surface area contributed by atoms with E-state index in [1.807, 2.05) is 18.2 Å². The lowest BCUT2D eigenvalue weighted by Crippen LogP contribution is -2.34. The van der Waals surface area contributed by atoms with E-state index in [0.717, 1.165) is 63.4 Å². The van der Waals surface area contributed by atoms with Gasteiger partial charge in [0.25, 0.3) is 0 Å². The molecule has 2 atom stereocenters. The van der Waals surface area contributed by atoms with Crippen LogP contribution in [0.15, 0.2) is 24.3 Å². The van der Waals surface area contributed by atoms with Gasteiger partial charge in [-0.25, -0.2) is 8.42 Å². The number of rotatable bonds is 5. The van der Waals surface area contributed by atoms with Gasteiger partial charge in [0.1, 0.15) is 0 Å². The maximum atomic E-state index is 12.7. The van der Waals surface area contributed by atoms with E-state index in [2.05, 4.69) is 5.32 Å². The van der Waals surface area contributed by atoms with Crippen LogP contribution < -0.4 is 11.1 Å². The topological polar surface area (TPSA) is 89.3 Å². The number of amides is 1. The third-order valence-corrected chi connectivity index (χ3v) is 7.93. The summed E-state index contributed by atoms with van der Waals surface area (Å²) in [5.41, 5.74) is 7.39. The number of hydrogen-bond acceptors (Lipinski definition) is 4. The summed E-state index contributed by atoms with van der Waals surface area (Å²) in [4.78, 5) is 12.5. The predicted octanol–water partition coefficient (Wildman–Crippen LogP) is 3.39. The molecular formula is C20H30N2O3S. The van der Waals surface area contributed by atoms with Crippen molar-refractivity contribution < 1.29 is 13.2 Å². The van der Waals surface area contributed by atoms with Crippen molar-refractivity contribution in [1.82, 2.24) is 0 Å². The highest BCUT2D eigenvalue weighted by Crippen LogP contribution is 2.27. The Bertz CT molecular complexity index is 726. The van der Waals surface area contributed by atoms with Crippen molar-refractivity contribution in [1.29, 1.82) is 0 Å². The Morgan fingerprint density at radius 1 is 1.08 bits per heavy atom. The maximum absolute atomic E-state index is 12.7. The Labute approximate surface area is 156 Å². The van der Waals surface area contributed by atoms with E-state index in [4.69, 9.17) is 5.73 Å². The maximum Gasteiger partial charge on any atom is 0.227 e. The van der Waals surface area contributed by atoms with E-state index in [9.17, 15) is 13.2 Å². The fraction of sp³-hybridized carbons (Fsp3) is 0.650. The van der Waals surface area contributed by atoms with E-state index >= 15 is 0 Å². The Balaban J connectivity index is 1.63. The molecule has 144 valence electrons. The second kappa shape index (κ2) is 8.53. The monoisotopic (exact) mass is 378 g/mol. The first-order valence-electron chi connectivity index (χ1n) is 9.81. The molecule has 0 bridgehead atoms. The zero-order valence-corrected chi connectivity index (χ0v) is 16.1. The number of nitrogens with two attached hydrogens (primary N) is 1. The molecule has 2 saturated carbocycles. The normalized spacial score (nSPS) is 25.0. The van der Waals surface area contributed by atoms with Gasteiger partial charge in [0.05, 0.1) is 11.0 Å². The number of hydrogen-bond donors (Lipinski definition) is 2. The summed E-state index contributed by atoms with van der Waals surface area (Å²) in [5.74, 6) is -0.00353. The van der Waals surface area contributed by atoms with Gasteiger partial charge in [-0.1, -0.05) is 37.8 Å². The van der Waals surface area contributed by atoms with Gasteiger partial charge < -0.3 is 11.1 Å². The van der Waals surface area contributed by atoms with Crippen molar-refractivity contribution in [2.24, 2.45) is 11.7 Å². The van der Waals surface area contributed by atoms with Crippen LogP contribution in [0.3, 0.4) is 0 Å². The third kappa shape index (κ3) is 5.07. The van der Waals surface area contributed by atoms with Crippen molar-refractivity contribution in [2.45, 2.75) is 74.8 Å². The van der Waals surface area contributed by atoms with Crippen LogP contribution in [0, 0.1) is 5.92 Å². The minimum Gasteiger partial charge on any atom is -0.328 e. The first-order chi connectivity index (χ1) is 12.4. The molecule has 1 amide bonds. The van der Waals surface area contributed by atoms with Crippen molar-refractivity contribution in [3.05, 3.63) is 29.8 Å². The average molecular weight is 379 g/mol. The highest BCUT2D eigenvalue weighted by atomic mass is 32.2. The Kier molecular flexibility index (Phi) is 6.35. The van der Waals surface area contributed by atoms with E-state index in [-0.39, 0.29) is 28.9 Å². The smallest absolute Gasteiger partial charge is 0.227 e. The van der Waals surface area contributed by atoms with Crippen LogP contribution in [0.1, 0.15) is 63.4 Å². The largest absolute Gasteiger partial charge is 0.328 e. The standard InChI is InChI=1S/C20H30N2O3S/c21-17-8-5-7-16(13-17)20(23)22-18-9-4-6-15(12-18)14-26(24,25)19-10-2-1-3-11-19/h4,6,9,12,16-17,19H,1-3,5,7-8,10-11,13-14,21H2,(H,22,23). The fourth-order valence-electron chi connectivity index (χ4n) is 4.22. The molecule has 0 spiro atoms. The molecule has 0 heterocycles. The van der Waals surface area contributed by atoms with Crippen molar-refractivity contribution in [3.8, 4) is 0 Å². The van der Waals surface area contributed by atoms with Gasteiger partial charge >= 0.3 is 0 Å². The molecule has 2 fully saturated rings. The van der Waals surface area contributed by atoms with Crippen LogP contribution in [-0.4, -0.2) is 25.6 Å². The molecule has 2 unspecified atom stereocenters. The van der Waals surface area contributed by atoms with Crippen LogP contribution >= 0.6 is 0 Å². The summed E-state index contributed by atoms with van der Waals surface area (Å²) in [5, 5.41) is 2.74. The number of anilines is 1. The number of nitrogens with one attached hydrogen (secondary N) is 1. The summed E-state index contributed by atoms with van der Waals surface area (Å²) >= 11 is 0. The molecule has 0 aromatic heterocycles. The Morgan fingerprint density at radius 3 is 2.58 bits per heavy atom. The number of benzene rings is 1. The van der Waals surface area contributed by atoms with Crippen LogP contribution in [0.25, 0.3) is 0 Å². The molecule has 1 aromatic carbocycles. The zero-order chi connectivity index (χ0) is 18.6. The first-order valence-corrected chi connectivity index (χ1v) is 11.5. The van der Waals surface area contributed by atoms with Crippen LogP contribution in [-0.2, 0) is 20.4 Å². The minimum atomic E-state index is -3.14. The molecular weight excluding hydrogens is 348 g/mol. The molecule has 2 aliphatic rings. The van der Waals surface area contributed by atoms with E-state index in [1.54, 1.807) is 6.07 Å². The Morgan fingerprint density at radius 2 is 1.85 bits per heavy atom. The molecule has 1 aromatic rings. The van der Waals surface area contributed by atoms with Crippen molar-refractivity contribution in [2.75, 3.05) is 5.32 Å². The molecule has 26 heavy (non-hydrogen) atoms. The lowest BCUT2D eigenvalue weighted by Gasteiger charge is -2.25. The molecule has 2 aliphatic carbocycles. The van der Waals surface area contributed by atoms with Gasteiger partial charge in [0.2, 0.25) is 5.91 Å². The molecule has 3 N–H and O–H groups in total. The van der Waals surface area contributed by atoms with E-state index in [1.165, 1.54) is 0 Å². The molecule has 0 saturated heterocycles. The van der Waals surface area contributed by atoms with Crippen molar-refractivity contribution >= 4 is 21.4 Å². The second-order valence-corrected chi connectivity index (χ2v) is 10.2. The predicted molar refractivity (Wildman–Crippen MR) is 105 cm³/mol. The van der Waals surface area contributed by atoms with Crippen LogP contribution in [0.2, 0.25) is 0 Å². The molecule has 0 radical (unpaired) electrons. The highest BCUT2D eigenvalue weighted by molar-refractivity contribution is 7.91. The number of sulfone groups is 1. The molecule has 5 nitrogen and oxygen atoms in total. The highest BCUT2D eigenvalue weighted by Gasteiger charge is 2.28. The number of carbonyl (C=O) groups excluding carboxylic acids is 1. The van der Waals surface area contributed by atoms with Crippen LogP contribution in [0.4, 0.5) is 5.69 Å². The van der Waals surface area contributed by atoms with Gasteiger partial charge in [-0.2, -0.15) is 0 Å². The lowest BCUT2D eigenvalue weighted by molar-refractivity contribution is -0.120. The summed E-state index contributed by atoms with van der Waals surface area (Å²) in [6, 6.07) is 7.35. The van der Waals surface area contributed by atoms with Gasteiger partial charge in [-0.15, -0.1) is 0 Å². The van der Waals surface area contributed by atoms with Gasteiger partial charge in [0.15, 0.2) is 9.84 Å². The molecule has 3 rings (SSSR count). The van der Waals surface area contributed by atoms with Gasteiger partial charge in [0, 0.05) is 17.6 Å². The summed E-state index contributed by atoms with van der Waals surface area (Å²) in [7, 11) is -3.14. The molecule has 6 heteroatoms. The SMILES string of the molecule is NC1CCCC(C(=O)Nc2cccc(CS(=O)(=O)C3CCCCC3)c2)C1. The summed E-state index contributed by atoms with van der Waals surface area (Å²) in [6.45, 7) is 0. The van der Waals surface area contributed by atoms with Gasteiger partial charge in [-0.3, -0.25) is 4.79 Å².